The number of aromatic amines is 1. The average Bonchev–Trinajstić information content (AvgIpc) is 3.22. The van der Waals surface area contributed by atoms with Gasteiger partial charge in [0.15, 0.2) is 0 Å². The lowest BCUT2D eigenvalue weighted by Gasteiger charge is -2.33. The Morgan fingerprint density at radius 1 is 1.23 bits per heavy atom. The predicted molar refractivity (Wildman–Crippen MR) is 114 cm³/mol. The van der Waals surface area contributed by atoms with Crippen molar-refractivity contribution >= 4 is 16.7 Å². The lowest BCUT2D eigenvalue weighted by atomic mass is 10.0. The molecule has 2 fully saturated rings. The largest absolute Gasteiger partial charge is 0.373 e. The molecule has 0 radical (unpaired) electrons. The van der Waals surface area contributed by atoms with Crippen LogP contribution in [0.1, 0.15) is 21.6 Å². The van der Waals surface area contributed by atoms with Crippen LogP contribution in [0.25, 0.3) is 10.8 Å². The van der Waals surface area contributed by atoms with Crippen molar-refractivity contribution in [2.24, 2.45) is 0 Å². The maximum Gasteiger partial charge on any atom is 0.272 e. The number of hydrogen-bond acceptors (Lipinski definition) is 5. The third-order valence-corrected chi connectivity index (χ3v) is 6.27. The van der Waals surface area contributed by atoms with Gasteiger partial charge in [-0.2, -0.15) is 5.10 Å². The minimum Gasteiger partial charge on any atom is -0.373 e. The Bertz CT molecular complexity index is 1210. The number of nitrogens with zero attached hydrogens (tertiary/aromatic N) is 3. The van der Waals surface area contributed by atoms with E-state index in [1.807, 2.05) is 19.2 Å². The quantitative estimate of drug-likeness (QED) is 0.697. The first-order valence-corrected chi connectivity index (χ1v) is 10.4. The molecule has 1 amide bonds. The number of benzene rings is 2. The van der Waals surface area contributed by atoms with Crippen molar-refractivity contribution in [1.82, 2.24) is 20.0 Å². The summed E-state index contributed by atoms with van der Waals surface area (Å²) in [4.78, 5) is 29.0. The van der Waals surface area contributed by atoms with Crippen LogP contribution in [-0.2, 0) is 11.2 Å². The topological polar surface area (TPSA) is 78.5 Å². The predicted octanol–water partition coefficient (Wildman–Crippen LogP) is 1.81. The second kappa shape index (κ2) is 7.86. The monoisotopic (exact) mass is 422 g/mol. The Morgan fingerprint density at radius 2 is 2.03 bits per heavy atom. The molecule has 0 unspecified atom stereocenters. The molecule has 0 spiro atoms. The summed E-state index contributed by atoms with van der Waals surface area (Å²) < 4.78 is 20.4. The number of hydrogen-bond donors (Lipinski definition) is 1. The number of fused-ring (bicyclic) bond motifs is 2. The molecule has 2 aliphatic heterocycles. The van der Waals surface area contributed by atoms with Crippen molar-refractivity contribution in [3.05, 3.63) is 75.5 Å². The third kappa shape index (κ3) is 3.62. The van der Waals surface area contributed by atoms with E-state index in [1.54, 1.807) is 29.2 Å². The molecule has 0 saturated carbocycles. The van der Waals surface area contributed by atoms with Crippen LogP contribution in [0.4, 0.5) is 4.39 Å². The Morgan fingerprint density at radius 3 is 2.84 bits per heavy atom. The van der Waals surface area contributed by atoms with E-state index in [0.29, 0.717) is 37.2 Å². The second-order valence-electron chi connectivity index (χ2n) is 8.20. The zero-order chi connectivity index (χ0) is 21.5. The highest BCUT2D eigenvalue weighted by Gasteiger charge is 2.41. The fraction of sp³-hybridized carbons (Fsp3) is 0.348. The molecule has 160 valence electrons. The molecule has 31 heavy (non-hydrogen) atoms. The van der Waals surface area contributed by atoms with Gasteiger partial charge in [-0.15, -0.1) is 0 Å². The van der Waals surface area contributed by atoms with Gasteiger partial charge in [0, 0.05) is 31.4 Å². The summed E-state index contributed by atoms with van der Waals surface area (Å²) in [6.07, 6.45) is 0.334. The van der Waals surface area contributed by atoms with Crippen molar-refractivity contribution in [2.75, 3.05) is 33.3 Å². The smallest absolute Gasteiger partial charge is 0.272 e. The van der Waals surface area contributed by atoms with E-state index in [4.69, 9.17) is 4.74 Å². The van der Waals surface area contributed by atoms with Crippen LogP contribution >= 0.6 is 0 Å². The molecule has 2 saturated heterocycles. The highest BCUT2D eigenvalue weighted by Crippen LogP contribution is 2.25. The molecule has 7 nitrogen and oxygen atoms in total. The number of morpholine rings is 1. The lowest BCUT2D eigenvalue weighted by Crippen LogP contribution is -2.48. The summed E-state index contributed by atoms with van der Waals surface area (Å²) in [5.74, 6) is -0.873. The van der Waals surface area contributed by atoms with Crippen molar-refractivity contribution in [3.63, 3.8) is 0 Å². The minimum absolute atomic E-state index is 0.0364. The summed E-state index contributed by atoms with van der Waals surface area (Å²) in [5.41, 5.74) is 1.21. The highest BCUT2D eigenvalue weighted by atomic mass is 19.1. The number of aromatic nitrogens is 2. The maximum absolute atomic E-state index is 14.6. The third-order valence-electron chi connectivity index (χ3n) is 6.27. The molecule has 8 heteroatoms. The average molecular weight is 422 g/mol. The summed E-state index contributed by atoms with van der Waals surface area (Å²) in [6, 6.07) is 11.9. The van der Waals surface area contributed by atoms with Crippen LogP contribution in [0.2, 0.25) is 0 Å². The van der Waals surface area contributed by atoms with Gasteiger partial charge in [0.2, 0.25) is 0 Å². The van der Waals surface area contributed by atoms with Gasteiger partial charge in [0.25, 0.3) is 11.5 Å². The number of ether oxygens (including phenoxy) is 1. The molecule has 2 aromatic carbocycles. The fourth-order valence-corrected chi connectivity index (χ4v) is 4.54. The Kier molecular flexibility index (Phi) is 5.03. The SMILES string of the molecule is CN1CCO[C@@H]2CN(C(=O)c3cc(Cc4n[nH]c(=O)c5ccccc45)ccc3F)C[C@@H]21. The van der Waals surface area contributed by atoms with Crippen molar-refractivity contribution in [2.45, 2.75) is 18.6 Å². The number of likely N-dealkylation sites (N-methyl/N-ethyl adjacent to an activating group) is 1. The number of amides is 1. The van der Waals surface area contributed by atoms with E-state index in [0.717, 1.165) is 17.5 Å². The summed E-state index contributed by atoms with van der Waals surface area (Å²) >= 11 is 0. The van der Waals surface area contributed by atoms with Crippen LogP contribution in [-0.4, -0.2) is 71.3 Å². The van der Waals surface area contributed by atoms with Crippen LogP contribution in [0, 0.1) is 5.82 Å². The van der Waals surface area contributed by atoms with E-state index in [9.17, 15) is 14.0 Å². The van der Waals surface area contributed by atoms with Crippen molar-refractivity contribution < 1.29 is 13.9 Å². The molecule has 3 heterocycles. The standard InChI is InChI=1S/C23H23FN4O3/c1-27-8-9-31-21-13-28(12-20(21)27)23(30)17-10-14(6-7-18(17)24)11-19-15-4-2-3-5-16(15)22(29)26-25-19/h2-7,10,20-21H,8-9,11-13H2,1H3,(H,26,29)/t20-,21+/m0/s1. The van der Waals surface area contributed by atoms with Gasteiger partial charge in [-0.25, -0.2) is 9.49 Å². The van der Waals surface area contributed by atoms with E-state index >= 15 is 0 Å². The molecular formula is C23H23FN4O3. The molecule has 5 rings (SSSR count). The number of H-pyrrole nitrogens is 1. The molecule has 1 aromatic heterocycles. The van der Waals surface area contributed by atoms with Gasteiger partial charge in [0.05, 0.1) is 35.4 Å². The van der Waals surface area contributed by atoms with E-state index < -0.39 is 5.82 Å². The van der Waals surface area contributed by atoms with E-state index in [1.165, 1.54) is 6.07 Å². The molecule has 0 bridgehead atoms. The highest BCUT2D eigenvalue weighted by molar-refractivity contribution is 5.95. The summed E-state index contributed by atoms with van der Waals surface area (Å²) in [7, 11) is 2.02. The van der Waals surface area contributed by atoms with Crippen molar-refractivity contribution in [3.8, 4) is 0 Å². The van der Waals surface area contributed by atoms with Gasteiger partial charge in [-0.05, 0) is 30.8 Å². The Hall–Kier alpha value is -3.10. The van der Waals surface area contributed by atoms with Crippen LogP contribution in [0.15, 0.2) is 47.3 Å². The number of rotatable bonds is 3. The molecule has 0 aliphatic carbocycles. The van der Waals surface area contributed by atoms with Gasteiger partial charge in [-0.1, -0.05) is 24.3 Å². The molecule has 2 aliphatic rings. The fourth-order valence-electron chi connectivity index (χ4n) is 4.54. The first kappa shape index (κ1) is 19.8. The molecule has 2 atom stereocenters. The van der Waals surface area contributed by atoms with Gasteiger partial charge >= 0.3 is 0 Å². The number of likely N-dealkylation sites (tertiary alicyclic amines) is 1. The summed E-state index contributed by atoms with van der Waals surface area (Å²) in [5, 5.41) is 7.99. The van der Waals surface area contributed by atoms with E-state index in [2.05, 4.69) is 15.1 Å². The van der Waals surface area contributed by atoms with Gasteiger partial charge in [-0.3, -0.25) is 14.5 Å². The van der Waals surface area contributed by atoms with Gasteiger partial charge < -0.3 is 9.64 Å². The van der Waals surface area contributed by atoms with Crippen LogP contribution in [0.3, 0.4) is 0 Å². The van der Waals surface area contributed by atoms with Crippen molar-refractivity contribution in [1.29, 1.82) is 0 Å². The van der Waals surface area contributed by atoms with Crippen LogP contribution in [0.5, 0.6) is 0 Å². The molecule has 1 N–H and O–H groups in total. The van der Waals surface area contributed by atoms with Gasteiger partial charge in [0.1, 0.15) is 5.82 Å². The Labute approximate surface area is 178 Å². The number of nitrogens with one attached hydrogen (secondary N) is 1. The summed E-state index contributed by atoms with van der Waals surface area (Å²) in [6.45, 7) is 2.45. The lowest BCUT2D eigenvalue weighted by molar-refractivity contribution is -0.0368. The zero-order valence-corrected chi connectivity index (χ0v) is 17.2. The minimum atomic E-state index is -0.544. The molecule has 3 aromatic rings. The first-order chi connectivity index (χ1) is 15.0. The molecular weight excluding hydrogens is 399 g/mol. The number of halogens is 1. The Balaban J connectivity index is 1.42. The van der Waals surface area contributed by atoms with Crippen LogP contribution < -0.4 is 5.56 Å². The normalized spacial score (nSPS) is 21.4. The second-order valence-corrected chi connectivity index (χ2v) is 8.20. The maximum atomic E-state index is 14.6. The van der Waals surface area contributed by atoms with E-state index in [-0.39, 0.29) is 29.2 Å². The first-order valence-electron chi connectivity index (χ1n) is 10.4. The zero-order valence-electron chi connectivity index (χ0n) is 17.2. The number of carbonyl (C=O) groups is 1. The number of carbonyl (C=O) groups excluding carboxylic acids is 1.